The van der Waals surface area contributed by atoms with Crippen LogP contribution >= 0.6 is 0 Å². The van der Waals surface area contributed by atoms with Crippen LogP contribution in [0.15, 0.2) is 158 Å². The van der Waals surface area contributed by atoms with Crippen LogP contribution in [0.4, 0.5) is 0 Å². The minimum absolute atomic E-state index is 0.133. The van der Waals surface area contributed by atoms with Crippen LogP contribution in [0.25, 0.3) is 0 Å². The van der Waals surface area contributed by atoms with Crippen LogP contribution in [0.2, 0.25) is 0 Å². The lowest BCUT2D eigenvalue weighted by Gasteiger charge is -2.18. The van der Waals surface area contributed by atoms with E-state index < -0.39 is 6.10 Å². The molecule has 62 heavy (non-hydrogen) atoms. The Morgan fingerprint density at radius 3 is 1.06 bits per heavy atom. The largest absolute Gasteiger partial charge is 0.462 e. The van der Waals surface area contributed by atoms with Crippen LogP contribution in [-0.2, 0) is 28.6 Å². The van der Waals surface area contributed by atoms with E-state index in [0.29, 0.717) is 19.3 Å². The predicted molar refractivity (Wildman–Crippen MR) is 265 cm³/mol. The van der Waals surface area contributed by atoms with Gasteiger partial charge in [-0.2, -0.15) is 0 Å². The number of rotatable bonds is 39. The van der Waals surface area contributed by atoms with E-state index in [1.165, 1.54) is 0 Å². The van der Waals surface area contributed by atoms with Gasteiger partial charge in [0.1, 0.15) is 13.2 Å². The van der Waals surface area contributed by atoms with Gasteiger partial charge in [0, 0.05) is 19.3 Å². The molecular formula is C56H82O6. The second-order valence-electron chi connectivity index (χ2n) is 14.7. The number of esters is 3. The molecule has 0 fully saturated rings. The molecule has 1 atom stereocenters. The number of carbonyl (C=O) groups is 3. The number of hydrogen-bond acceptors (Lipinski definition) is 6. The van der Waals surface area contributed by atoms with Gasteiger partial charge in [-0.05, 0) is 96.3 Å². The summed E-state index contributed by atoms with van der Waals surface area (Å²) < 4.78 is 16.6. The highest BCUT2D eigenvalue weighted by molar-refractivity contribution is 5.71. The fourth-order valence-electron chi connectivity index (χ4n) is 5.52. The summed E-state index contributed by atoms with van der Waals surface area (Å²) in [6, 6.07) is 0. The molecule has 6 nitrogen and oxygen atoms in total. The fraction of sp³-hybridized carbons (Fsp3) is 0.482. The van der Waals surface area contributed by atoms with Crippen molar-refractivity contribution in [1.29, 1.82) is 0 Å². The van der Waals surface area contributed by atoms with E-state index in [4.69, 9.17) is 14.2 Å². The maximum Gasteiger partial charge on any atom is 0.306 e. The van der Waals surface area contributed by atoms with Crippen molar-refractivity contribution in [3.63, 3.8) is 0 Å². The molecule has 0 rings (SSSR count). The summed E-state index contributed by atoms with van der Waals surface area (Å²) in [4.78, 5) is 37.9. The smallest absolute Gasteiger partial charge is 0.306 e. The lowest BCUT2D eigenvalue weighted by molar-refractivity contribution is -0.167. The average Bonchev–Trinajstić information content (AvgIpc) is 3.27. The predicted octanol–water partition coefficient (Wildman–Crippen LogP) is 15.5. The van der Waals surface area contributed by atoms with E-state index in [2.05, 4.69) is 93.7 Å². The van der Waals surface area contributed by atoms with Gasteiger partial charge in [-0.3, -0.25) is 14.4 Å². The minimum Gasteiger partial charge on any atom is -0.462 e. The summed E-state index contributed by atoms with van der Waals surface area (Å²) in [5.74, 6) is -1.06. The molecule has 6 heteroatoms. The highest BCUT2D eigenvalue weighted by Gasteiger charge is 2.19. The molecule has 0 saturated heterocycles. The van der Waals surface area contributed by atoms with Gasteiger partial charge in [0.25, 0.3) is 0 Å². The Morgan fingerprint density at radius 1 is 0.339 bits per heavy atom. The van der Waals surface area contributed by atoms with Gasteiger partial charge in [-0.25, -0.2) is 0 Å². The molecule has 0 spiro atoms. The summed E-state index contributed by atoms with van der Waals surface area (Å²) in [5.41, 5.74) is 0. The highest BCUT2D eigenvalue weighted by atomic mass is 16.6. The molecule has 0 saturated carbocycles. The van der Waals surface area contributed by atoms with Crippen molar-refractivity contribution in [3.05, 3.63) is 158 Å². The van der Waals surface area contributed by atoms with E-state index in [1.54, 1.807) is 0 Å². The molecule has 0 aliphatic rings. The standard InChI is InChI=1S/C56H82O6/c1-4-7-10-13-16-19-22-25-27-29-31-34-37-40-43-46-49-55(58)61-52-53(51-60-54(57)48-45-42-39-36-33-30-24-21-18-15-12-9-6-3)62-56(59)50-47-44-41-38-35-32-28-26-23-20-17-14-11-8-5-2/h7-12,14-21,23-28,30-35,53H,4-6,13,22,29,36-52H2,1-3H3/b10-7-,11-8-,12-9-,17-14-,18-15-,19-16-,23-20-,24-21-,27-25-,28-26-,33-30-,34-31-,35-32-. The second-order valence-corrected chi connectivity index (χ2v) is 14.7. The molecule has 0 aromatic heterocycles. The van der Waals surface area contributed by atoms with Crippen molar-refractivity contribution < 1.29 is 28.6 Å². The Hall–Kier alpha value is -4.97. The molecule has 0 amide bonds. The summed E-state index contributed by atoms with van der Waals surface area (Å²) in [6.45, 7) is 6.09. The lowest BCUT2D eigenvalue weighted by atomic mass is 10.1. The van der Waals surface area contributed by atoms with E-state index in [-0.39, 0.29) is 44.0 Å². The molecule has 0 bridgehead atoms. The molecule has 1 unspecified atom stereocenters. The average molecular weight is 851 g/mol. The van der Waals surface area contributed by atoms with Gasteiger partial charge in [0.15, 0.2) is 6.10 Å². The van der Waals surface area contributed by atoms with Gasteiger partial charge in [0.2, 0.25) is 0 Å². The third-order valence-electron chi connectivity index (χ3n) is 8.98. The maximum absolute atomic E-state index is 12.8. The zero-order valence-electron chi connectivity index (χ0n) is 38.8. The molecule has 0 aromatic rings. The number of unbranched alkanes of at least 4 members (excludes halogenated alkanes) is 9. The van der Waals surface area contributed by atoms with Crippen molar-refractivity contribution in [3.8, 4) is 0 Å². The molecule has 0 aromatic carbocycles. The fourth-order valence-corrected chi connectivity index (χ4v) is 5.52. The van der Waals surface area contributed by atoms with E-state index >= 15 is 0 Å². The van der Waals surface area contributed by atoms with Crippen molar-refractivity contribution in [1.82, 2.24) is 0 Å². The van der Waals surface area contributed by atoms with Crippen LogP contribution < -0.4 is 0 Å². The summed E-state index contributed by atoms with van der Waals surface area (Å²) in [7, 11) is 0. The third kappa shape index (κ3) is 46.1. The second kappa shape index (κ2) is 48.7. The first-order valence-corrected chi connectivity index (χ1v) is 23.6. The van der Waals surface area contributed by atoms with Crippen molar-refractivity contribution in [2.75, 3.05) is 13.2 Å². The first-order valence-electron chi connectivity index (χ1n) is 23.6. The van der Waals surface area contributed by atoms with Crippen LogP contribution in [0.1, 0.15) is 156 Å². The molecule has 0 N–H and O–H groups in total. The Morgan fingerprint density at radius 2 is 0.661 bits per heavy atom. The molecule has 342 valence electrons. The maximum atomic E-state index is 12.8. The molecule has 0 radical (unpaired) electrons. The van der Waals surface area contributed by atoms with Crippen molar-refractivity contribution in [2.45, 2.75) is 162 Å². The van der Waals surface area contributed by atoms with Crippen molar-refractivity contribution in [2.24, 2.45) is 0 Å². The number of ether oxygens (including phenoxy) is 3. The van der Waals surface area contributed by atoms with E-state index in [1.807, 2.05) is 85.1 Å². The minimum atomic E-state index is -0.837. The van der Waals surface area contributed by atoms with Crippen LogP contribution in [0.5, 0.6) is 0 Å². The number of hydrogen-bond donors (Lipinski definition) is 0. The molecule has 0 aliphatic heterocycles. The normalized spacial score (nSPS) is 13.5. The Balaban J connectivity index is 4.64. The zero-order chi connectivity index (χ0) is 45.1. The van der Waals surface area contributed by atoms with Gasteiger partial charge in [-0.1, -0.05) is 198 Å². The van der Waals surface area contributed by atoms with Crippen LogP contribution in [0.3, 0.4) is 0 Å². The number of carbonyl (C=O) groups excluding carboxylic acids is 3. The summed E-state index contributed by atoms with van der Waals surface area (Å²) >= 11 is 0. The van der Waals surface area contributed by atoms with Crippen LogP contribution in [-0.4, -0.2) is 37.2 Å². The van der Waals surface area contributed by atoms with Gasteiger partial charge >= 0.3 is 17.9 Å². The zero-order valence-corrected chi connectivity index (χ0v) is 38.8. The van der Waals surface area contributed by atoms with Gasteiger partial charge in [0.05, 0.1) is 0 Å². The Kier molecular flexibility index (Phi) is 44.8. The van der Waals surface area contributed by atoms with Gasteiger partial charge < -0.3 is 14.2 Å². The molecular weight excluding hydrogens is 769 g/mol. The summed E-state index contributed by atoms with van der Waals surface area (Å²) in [6.07, 6.45) is 70.8. The van der Waals surface area contributed by atoms with E-state index in [9.17, 15) is 14.4 Å². The quantitative estimate of drug-likeness (QED) is 0.0202. The first kappa shape index (κ1) is 57.0. The highest BCUT2D eigenvalue weighted by Crippen LogP contribution is 2.11. The third-order valence-corrected chi connectivity index (χ3v) is 8.98. The number of allylic oxidation sites excluding steroid dienone is 26. The van der Waals surface area contributed by atoms with Crippen molar-refractivity contribution >= 4 is 17.9 Å². The first-order chi connectivity index (χ1) is 30.5. The van der Waals surface area contributed by atoms with Gasteiger partial charge in [-0.15, -0.1) is 0 Å². The van der Waals surface area contributed by atoms with E-state index in [0.717, 1.165) is 103 Å². The monoisotopic (exact) mass is 851 g/mol. The SMILES string of the molecule is CC\C=C/C=C\C=C/C=C\C=C/CCCCCC(=O)OC(COC(=O)CCCCC\C=C/C=C\C=C/C=C\CC)COC(=O)CCCCC/C=C\C/C=C\C/C=C\C/C=C\CC. The lowest BCUT2D eigenvalue weighted by Crippen LogP contribution is -2.30. The van der Waals surface area contributed by atoms with Crippen LogP contribution in [0, 0.1) is 0 Å². The topological polar surface area (TPSA) is 78.9 Å². The molecule has 0 heterocycles. The summed E-state index contributed by atoms with van der Waals surface area (Å²) in [5, 5.41) is 0. The Bertz CT molecular complexity index is 1490. The molecule has 0 aliphatic carbocycles. The Labute approximate surface area is 378 Å².